The maximum absolute atomic E-state index is 2.39. The molecule has 2 bridgehead atoms. The molecule has 2 heteroatoms. The summed E-state index contributed by atoms with van der Waals surface area (Å²) in [7, 11) is 0. The molecule has 0 amide bonds. The lowest BCUT2D eigenvalue weighted by molar-refractivity contribution is 0.399. The van der Waals surface area contributed by atoms with Crippen molar-refractivity contribution in [1.29, 1.82) is 0 Å². The SMILES string of the molecule is C1=CC=C2C=C3C=CC=CC4=CC(=C1)N2CCN43. The van der Waals surface area contributed by atoms with Gasteiger partial charge >= 0.3 is 0 Å². The number of fused-ring (bicyclic) bond motifs is 1. The molecule has 4 heterocycles. The van der Waals surface area contributed by atoms with Gasteiger partial charge in [0.1, 0.15) is 0 Å². The number of hydrogen-bond donors (Lipinski definition) is 0. The van der Waals surface area contributed by atoms with Crippen LogP contribution in [0, 0.1) is 0 Å². The van der Waals surface area contributed by atoms with Crippen molar-refractivity contribution in [3.05, 3.63) is 83.5 Å². The fourth-order valence-corrected chi connectivity index (χ4v) is 2.80. The van der Waals surface area contributed by atoms with E-state index in [0.29, 0.717) is 0 Å². The fourth-order valence-electron chi connectivity index (χ4n) is 2.80. The zero-order valence-electron chi connectivity index (χ0n) is 10.1. The zero-order valence-corrected chi connectivity index (χ0v) is 10.1. The van der Waals surface area contributed by atoms with Crippen molar-refractivity contribution in [3.8, 4) is 0 Å². The maximum atomic E-state index is 2.39. The van der Waals surface area contributed by atoms with Crippen LogP contribution in [-0.2, 0) is 0 Å². The molecule has 0 aromatic heterocycles. The van der Waals surface area contributed by atoms with Crippen LogP contribution in [0.4, 0.5) is 0 Å². The monoisotopic (exact) mass is 234 g/mol. The lowest BCUT2D eigenvalue weighted by atomic mass is 10.2. The molecule has 88 valence electrons. The normalized spacial score (nSPS) is 23.6. The fraction of sp³-hybridized carbons (Fsp3) is 0.125. The van der Waals surface area contributed by atoms with E-state index in [1.54, 1.807) is 0 Å². The number of hydrogen-bond acceptors (Lipinski definition) is 2. The van der Waals surface area contributed by atoms with Gasteiger partial charge in [0.05, 0.1) is 0 Å². The van der Waals surface area contributed by atoms with E-state index < -0.39 is 0 Å². The van der Waals surface area contributed by atoms with E-state index in [0.717, 1.165) is 13.1 Å². The summed E-state index contributed by atoms with van der Waals surface area (Å²) in [4.78, 5) is 4.78. The summed E-state index contributed by atoms with van der Waals surface area (Å²) in [6, 6.07) is 0. The van der Waals surface area contributed by atoms with Crippen molar-refractivity contribution in [3.63, 3.8) is 0 Å². The van der Waals surface area contributed by atoms with Crippen molar-refractivity contribution in [2.45, 2.75) is 0 Å². The van der Waals surface area contributed by atoms with E-state index in [4.69, 9.17) is 0 Å². The van der Waals surface area contributed by atoms with Crippen LogP contribution in [0.25, 0.3) is 0 Å². The molecule has 0 aromatic rings. The number of nitrogens with zero attached hydrogens (tertiary/aromatic N) is 2. The van der Waals surface area contributed by atoms with E-state index in [1.165, 1.54) is 22.8 Å². The van der Waals surface area contributed by atoms with Gasteiger partial charge < -0.3 is 9.80 Å². The summed E-state index contributed by atoms with van der Waals surface area (Å²) < 4.78 is 0. The Kier molecular flexibility index (Phi) is 1.97. The second-order valence-electron chi connectivity index (χ2n) is 4.73. The number of rotatable bonds is 0. The molecule has 0 spiro atoms. The minimum atomic E-state index is 1.03. The molecule has 18 heavy (non-hydrogen) atoms. The predicted molar refractivity (Wildman–Crippen MR) is 73.2 cm³/mol. The first-order valence-electron chi connectivity index (χ1n) is 6.34. The van der Waals surface area contributed by atoms with E-state index in [2.05, 4.69) is 70.6 Å². The van der Waals surface area contributed by atoms with Crippen molar-refractivity contribution in [1.82, 2.24) is 9.80 Å². The van der Waals surface area contributed by atoms with Crippen LogP contribution in [0.2, 0.25) is 0 Å². The second kappa shape index (κ2) is 3.64. The quantitative estimate of drug-likeness (QED) is 0.636. The summed E-state index contributed by atoms with van der Waals surface area (Å²) in [6.45, 7) is 2.06. The molecule has 0 unspecified atom stereocenters. The molecule has 0 N–H and O–H groups in total. The summed E-state index contributed by atoms with van der Waals surface area (Å²) in [5.74, 6) is 0. The van der Waals surface area contributed by atoms with Crippen LogP contribution in [0.1, 0.15) is 0 Å². The molecule has 0 aromatic carbocycles. The third-order valence-corrected chi connectivity index (χ3v) is 3.68. The average molecular weight is 234 g/mol. The molecular weight excluding hydrogens is 220 g/mol. The summed E-state index contributed by atoms with van der Waals surface area (Å²) in [6.07, 6.45) is 21.7. The van der Waals surface area contributed by atoms with Gasteiger partial charge in [-0.05, 0) is 36.5 Å². The smallest absolute Gasteiger partial charge is 0.0432 e. The minimum Gasteiger partial charge on any atom is -0.340 e. The van der Waals surface area contributed by atoms with Gasteiger partial charge in [-0.25, -0.2) is 0 Å². The third-order valence-electron chi connectivity index (χ3n) is 3.68. The second-order valence-corrected chi connectivity index (χ2v) is 4.73. The largest absolute Gasteiger partial charge is 0.340 e. The van der Waals surface area contributed by atoms with Crippen LogP contribution in [0.5, 0.6) is 0 Å². The van der Waals surface area contributed by atoms with Gasteiger partial charge in [0.25, 0.3) is 0 Å². The van der Waals surface area contributed by atoms with Gasteiger partial charge in [0, 0.05) is 35.9 Å². The Bertz CT molecular complexity index is 559. The van der Waals surface area contributed by atoms with Gasteiger partial charge in [-0.15, -0.1) is 0 Å². The first-order chi connectivity index (χ1) is 8.92. The van der Waals surface area contributed by atoms with Crippen molar-refractivity contribution in [2.24, 2.45) is 0 Å². The molecule has 4 aliphatic rings. The lowest BCUT2D eigenvalue weighted by Crippen LogP contribution is -2.25. The van der Waals surface area contributed by atoms with Gasteiger partial charge in [-0.2, -0.15) is 0 Å². The van der Waals surface area contributed by atoms with E-state index >= 15 is 0 Å². The molecule has 0 saturated carbocycles. The third kappa shape index (κ3) is 1.35. The predicted octanol–water partition coefficient (Wildman–Crippen LogP) is 2.85. The Balaban J connectivity index is 2.03. The summed E-state index contributed by atoms with van der Waals surface area (Å²) in [5.41, 5.74) is 5.09. The summed E-state index contributed by atoms with van der Waals surface area (Å²) >= 11 is 0. The first-order valence-corrected chi connectivity index (χ1v) is 6.34. The van der Waals surface area contributed by atoms with Crippen molar-refractivity contribution in [2.75, 3.05) is 13.1 Å². The Morgan fingerprint density at radius 2 is 1.11 bits per heavy atom. The Morgan fingerprint density at radius 1 is 0.611 bits per heavy atom. The van der Waals surface area contributed by atoms with Gasteiger partial charge in [-0.1, -0.05) is 24.3 Å². The molecule has 0 fully saturated rings. The molecular formula is C16H14N2. The standard InChI is InChI=1S/C16H14N2/c1-2-6-14-12-16-8-4-3-7-15-11-13(5-1)17(14)9-10-18(15)16/h1-8,11-12H,9-10H2. The van der Waals surface area contributed by atoms with Crippen LogP contribution in [0.15, 0.2) is 83.5 Å². The topological polar surface area (TPSA) is 6.48 Å². The molecule has 0 atom stereocenters. The van der Waals surface area contributed by atoms with Crippen LogP contribution in [-0.4, -0.2) is 22.9 Å². The molecule has 4 rings (SSSR count). The highest BCUT2D eigenvalue weighted by Crippen LogP contribution is 2.32. The Morgan fingerprint density at radius 3 is 1.67 bits per heavy atom. The van der Waals surface area contributed by atoms with Crippen molar-refractivity contribution < 1.29 is 0 Å². The van der Waals surface area contributed by atoms with E-state index in [-0.39, 0.29) is 0 Å². The van der Waals surface area contributed by atoms with E-state index in [1.807, 2.05) is 0 Å². The van der Waals surface area contributed by atoms with Gasteiger partial charge in [0.15, 0.2) is 0 Å². The van der Waals surface area contributed by atoms with Gasteiger partial charge in [0.2, 0.25) is 0 Å². The van der Waals surface area contributed by atoms with Crippen molar-refractivity contribution >= 4 is 0 Å². The number of allylic oxidation sites excluding steroid dienone is 10. The van der Waals surface area contributed by atoms with Gasteiger partial charge in [-0.3, -0.25) is 0 Å². The molecule has 4 aliphatic heterocycles. The first kappa shape index (κ1) is 9.77. The molecule has 0 aliphatic carbocycles. The zero-order chi connectivity index (χ0) is 11.9. The highest BCUT2D eigenvalue weighted by molar-refractivity contribution is 5.49. The highest BCUT2D eigenvalue weighted by Gasteiger charge is 2.26. The summed E-state index contributed by atoms with van der Waals surface area (Å²) in [5, 5.41) is 0. The van der Waals surface area contributed by atoms with E-state index in [9.17, 15) is 0 Å². The average Bonchev–Trinajstić information content (AvgIpc) is 2.80. The van der Waals surface area contributed by atoms with Crippen LogP contribution < -0.4 is 0 Å². The Labute approximate surface area is 107 Å². The molecule has 0 radical (unpaired) electrons. The molecule has 0 saturated heterocycles. The van der Waals surface area contributed by atoms with Crippen LogP contribution >= 0.6 is 0 Å². The maximum Gasteiger partial charge on any atom is 0.0432 e. The Hall–Kier alpha value is -2.22. The van der Waals surface area contributed by atoms with Crippen LogP contribution in [0.3, 0.4) is 0 Å². The highest BCUT2D eigenvalue weighted by atomic mass is 15.3. The lowest BCUT2D eigenvalue weighted by Gasteiger charge is -2.24. The minimum absolute atomic E-state index is 1.03. The molecule has 2 nitrogen and oxygen atoms in total.